The summed E-state index contributed by atoms with van der Waals surface area (Å²) in [7, 11) is 0. The summed E-state index contributed by atoms with van der Waals surface area (Å²) in [6, 6.07) is 3.68. The van der Waals surface area contributed by atoms with E-state index in [1.807, 2.05) is 39.8 Å². The number of carbonyl (C=O) groups is 3. The lowest BCUT2D eigenvalue weighted by Crippen LogP contribution is -2.38. The van der Waals surface area contributed by atoms with Gasteiger partial charge in [0.2, 0.25) is 0 Å². The van der Waals surface area contributed by atoms with Crippen molar-refractivity contribution in [3.63, 3.8) is 0 Å². The number of Topliss-reactive ketones (excluding diaryl/α,β-unsaturated/α-hetero) is 2. The second-order valence-corrected chi connectivity index (χ2v) is 8.17. The van der Waals surface area contributed by atoms with Gasteiger partial charge in [0.05, 0.1) is 5.56 Å². The zero-order valence-electron chi connectivity index (χ0n) is 17.0. The molecule has 0 bridgehead atoms. The van der Waals surface area contributed by atoms with Gasteiger partial charge in [0.1, 0.15) is 18.0 Å². The molecule has 148 valence electrons. The zero-order valence-corrected chi connectivity index (χ0v) is 17.0. The Morgan fingerprint density at radius 1 is 1.19 bits per heavy atom. The number of ether oxygens (including phenoxy) is 2. The molecule has 0 aliphatic carbocycles. The molecule has 0 spiro atoms. The van der Waals surface area contributed by atoms with E-state index in [-0.39, 0.29) is 30.2 Å². The number of carbonyl (C=O) groups excluding carboxylic acids is 3. The van der Waals surface area contributed by atoms with Crippen molar-refractivity contribution in [2.45, 2.75) is 59.5 Å². The summed E-state index contributed by atoms with van der Waals surface area (Å²) in [5, 5.41) is 0. The van der Waals surface area contributed by atoms with E-state index >= 15 is 0 Å². The number of ketones is 2. The van der Waals surface area contributed by atoms with E-state index in [0.717, 1.165) is 11.1 Å². The third-order valence-corrected chi connectivity index (χ3v) is 4.38. The topological polar surface area (TPSA) is 72.9 Å². The first-order chi connectivity index (χ1) is 12.5. The van der Waals surface area contributed by atoms with Crippen LogP contribution in [0.15, 0.2) is 12.1 Å². The van der Waals surface area contributed by atoms with Crippen molar-refractivity contribution < 1.29 is 23.9 Å². The molecular weight excluding hydrogens is 346 g/mol. The van der Waals surface area contributed by atoms with Gasteiger partial charge in [-0.2, -0.15) is 0 Å². The maximum atomic E-state index is 12.5. The number of hydrogen-bond donors (Lipinski definition) is 0. The fourth-order valence-corrected chi connectivity index (χ4v) is 3.16. The van der Waals surface area contributed by atoms with Crippen molar-refractivity contribution in [3.05, 3.63) is 28.8 Å². The highest BCUT2D eigenvalue weighted by Gasteiger charge is 2.28. The van der Waals surface area contributed by atoms with Crippen molar-refractivity contribution in [1.82, 2.24) is 4.90 Å². The number of hydrogen-bond acceptors (Lipinski definition) is 5. The first-order valence-electron chi connectivity index (χ1n) is 9.26. The summed E-state index contributed by atoms with van der Waals surface area (Å²) < 4.78 is 11.1. The average molecular weight is 375 g/mol. The van der Waals surface area contributed by atoms with Crippen molar-refractivity contribution in [2.75, 3.05) is 19.7 Å². The molecule has 1 aliphatic rings. The summed E-state index contributed by atoms with van der Waals surface area (Å²) in [5.74, 6) is 0.255. The minimum atomic E-state index is -0.547. The maximum Gasteiger partial charge on any atom is 0.410 e. The van der Waals surface area contributed by atoms with Crippen molar-refractivity contribution in [2.24, 2.45) is 0 Å². The number of benzene rings is 1. The molecular formula is C21H29NO5. The Bertz CT molecular complexity index is 748. The summed E-state index contributed by atoms with van der Waals surface area (Å²) in [6.07, 6.45) is 0.301. The summed E-state index contributed by atoms with van der Waals surface area (Å²) in [4.78, 5) is 37.5. The van der Waals surface area contributed by atoms with Gasteiger partial charge in [-0.3, -0.25) is 9.59 Å². The van der Waals surface area contributed by atoms with Gasteiger partial charge in [0.15, 0.2) is 11.6 Å². The fourth-order valence-electron chi connectivity index (χ4n) is 3.16. The second kappa shape index (κ2) is 8.11. The lowest BCUT2D eigenvalue weighted by atomic mass is 9.92. The third-order valence-electron chi connectivity index (χ3n) is 4.38. The van der Waals surface area contributed by atoms with Crippen LogP contribution in [0.1, 0.15) is 68.9 Å². The van der Waals surface area contributed by atoms with E-state index in [2.05, 4.69) is 0 Å². The molecule has 1 aromatic carbocycles. The highest BCUT2D eigenvalue weighted by atomic mass is 16.6. The van der Waals surface area contributed by atoms with Gasteiger partial charge in [0.25, 0.3) is 0 Å². The predicted molar refractivity (Wildman–Crippen MR) is 103 cm³/mol. The molecule has 6 heteroatoms. The van der Waals surface area contributed by atoms with Gasteiger partial charge in [-0.25, -0.2) is 4.79 Å². The van der Waals surface area contributed by atoms with Crippen LogP contribution in [0, 0.1) is 0 Å². The van der Waals surface area contributed by atoms with Crippen molar-refractivity contribution >= 4 is 17.7 Å². The Morgan fingerprint density at radius 2 is 1.85 bits per heavy atom. The predicted octanol–water partition coefficient (Wildman–Crippen LogP) is 3.75. The monoisotopic (exact) mass is 375 g/mol. The largest absolute Gasteiger partial charge is 0.485 e. The Hall–Kier alpha value is -2.37. The molecule has 1 atom stereocenters. The SMILES string of the molecule is CC(=O)COc1cc2c(cc1C(C)=O)C(C)CN(C(=O)OC(C)(C)C)CC2. The van der Waals surface area contributed by atoms with Gasteiger partial charge in [-0.15, -0.1) is 0 Å². The lowest BCUT2D eigenvalue weighted by Gasteiger charge is -2.27. The molecule has 0 aromatic heterocycles. The quantitative estimate of drug-likeness (QED) is 0.749. The van der Waals surface area contributed by atoms with Crippen LogP contribution in [0.5, 0.6) is 5.75 Å². The van der Waals surface area contributed by atoms with Crippen LogP contribution >= 0.6 is 0 Å². The smallest absolute Gasteiger partial charge is 0.410 e. The van der Waals surface area contributed by atoms with Crippen LogP contribution in [0.4, 0.5) is 4.79 Å². The standard InChI is InChI=1S/C21H29NO5/c1-13-11-22(20(25)27-21(4,5)6)8-7-16-9-19(26-12-14(2)23)18(15(3)24)10-17(13)16/h9-10,13H,7-8,11-12H2,1-6H3. The Labute approximate surface area is 160 Å². The molecule has 6 nitrogen and oxygen atoms in total. The zero-order chi connectivity index (χ0) is 20.4. The van der Waals surface area contributed by atoms with Gasteiger partial charge >= 0.3 is 6.09 Å². The van der Waals surface area contributed by atoms with Crippen LogP contribution in [0.3, 0.4) is 0 Å². The minimum Gasteiger partial charge on any atom is -0.485 e. The molecule has 0 radical (unpaired) electrons. The molecule has 0 N–H and O–H groups in total. The van der Waals surface area contributed by atoms with E-state index in [1.165, 1.54) is 13.8 Å². The molecule has 0 fully saturated rings. The molecule has 1 amide bonds. The molecule has 1 aromatic rings. The van der Waals surface area contributed by atoms with E-state index in [0.29, 0.717) is 30.8 Å². The highest BCUT2D eigenvalue weighted by molar-refractivity contribution is 5.97. The number of rotatable bonds is 4. The summed E-state index contributed by atoms with van der Waals surface area (Å²) in [6.45, 7) is 11.5. The van der Waals surface area contributed by atoms with Crippen LogP contribution in [0.2, 0.25) is 0 Å². The average Bonchev–Trinajstić information content (AvgIpc) is 2.69. The van der Waals surface area contributed by atoms with E-state index in [1.54, 1.807) is 4.90 Å². The van der Waals surface area contributed by atoms with Gasteiger partial charge in [0, 0.05) is 13.1 Å². The molecule has 27 heavy (non-hydrogen) atoms. The lowest BCUT2D eigenvalue weighted by molar-refractivity contribution is -0.118. The minimum absolute atomic E-state index is 0.0509. The van der Waals surface area contributed by atoms with E-state index in [4.69, 9.17) is 9.47 Å². The third kappa shape index (κ3) is 5.55. The molecule has 1 unspecified atom stereocenters. The first kappa shape index (κ1) is 20.9. The summed E-state index contributed by atoms with van der Waals surface area (Å²) in [5.41, 5.74) is 1.97. The highest BCUT2D eigenvalue weighted by Crippen LogP contribution is 2.32. The molecule has 0 saturated heterocycles. The van der Waals surface area contributed by atoms with Crippen molar-refractivity contribution in [3.8, 4) is 5.75 Å². The van der Waals surface area contributed by atoms with E-state index in [9.17, 15) is 14.4 Å². The fraction of sp³-hybridized carbons (Fsp3) is 0.571. The van der Waals surface area contributed by atoms with E-state index < -0.39 is 5.60 Å². The number of fused-ring (bicyclic) bond motifs is 1. The van der Waals surface area contributed by atoms with Crippen LogP contribution < -0.4 is 4.74 Å². The summed E-state index contributed by atoms with van der Waals surface area (Å²) >= 11 is 0. The Kier molecular flexibility index (Phi) is 6.29. The van der Waals surface area contributed by atoms with Crippen molar-refractivity contribution in [1.29, 1.82) is 0 Å². The first-order valence-corrected chi connectivity index (χ1v) is 9.26. The number of nitrogens with zero attached hydrogens (tertiary/aromatic N) is 1. The van der Waals surface area contributed by atoms with Gasteiger partial charge < -0.3 is 14.4 Å². The molecule has 0 saturated carbocycles. The molecule has 1 aliphatic heterocycles. The van der Waals surface area contributed by atoms with Gasteiger partial charge in [-0.1, -0.05) is 6.92 Å². The second-order valence-electron chi connectivity index (χ2n) is 8.17. The maximum absolute atomic E-state index is 12.5. The van der Waals surface area contributed by atoms with Crippen LogP contribution in [-0.4, -0.2) is 47.9 Å². The van der Waals surface area contributed by atoms with Crippen LogP contribution in [0.25, 0.3) is 0 Å². The van der Waals surface area contributed by atoms with Crippen LogP contribution in [-0.2, 0) is 16.0 Å². The number of amides is 1. The Balaban J connectivity index is 2.31. The molecule has 1 heterocycles. The normalized spacial score (nSPS) is 17.0. The molecule has 2 rings (SSSR count). The van der Waals surface area contributed by atoms with Gasteiger partial charge in [-0.05, 0) is 70.2 Å². The Morgan fingerprint density at radius 3 is 2.41 bits per heavy atom.